The number of aryl methyl sites for hydroxylation is 1. The Balaban J connectivity index is 2.14. The molecule has 2 rings (SSSR count). The van der Waals surface area contributed by atoms with Gasteiger partial charge < -0.3 is 10.2 Å². The third kappa shape index (κ3) is 4.55. The predicted octanol–water partition coefficient (Wildman–Crippen LogP) is 3.61. The van der Waals surface area contributed by atoms with Crippen molar-refractivity contribution >= 4 is 21.8 Å². The van der Waals surface area contributed by atoms with Crippen LogP contribution in [0.3, 0.4) is 0 Å². The molecule has 0 atom stereocenters. The van der Waals surface area contributed by atoms with E-state index in [-0.39, 0.29) is 11.9 Å². The van der Waals surface area contributed by atoms with Gasteiger partial charge in [0.05, 0.1) is 0 Å². The number of hydrogen-bond acceptors (Lipinski definition) is 2. The number of benzene rings is 1. The Bertz CT molecular complexity index is 475. The van der Waals surface area contributed by atoms with Gasteiger partial charge in [0.15, 0.2) is 0 Å². The molecule has 1 aliphatic heterocycles. The first kappa shape index (κ1) is 16.5. The molecule has 0 aromatic heterocycles. The van der Waals surface area contributed by atoms with Gasteiger partial charge in [-0.15, -0.1) is 0 Å². The maximum atomic E-state index is 12.9. The van der Waals surface area contributed by atoms with Gasteiger partial charge in [-0.25, -0.2) is 0 Å². The van der Waals surface area contributed by atoms with Gasteiger partial charge >= 0.3 is 0 Å². The van der Waals surface area contributed by atoms with E-state index in [0.29, 0.717) is 5.92 Å². The average molecular weight is 353 g/mol. The lowest BCUT2D eigenvalue weighted by Gasteiger charge is -2.33. The molecule has 3 nitrogen and oxygen atoms in total. The summed E-state index contributed by atoms with van der Waals surface area (Å²) >= 11 is 3.49. The maximum absolute atomic E-state index is 12.9. The predicted molar refractivity (Wildman–Crippen MR) is 90.6 cm³/mol. The van der Waals surface area contributed by atoms with Crippen molar-refractivity contribution in [2.75, 3.05) is 19.6 Å². The standard InChI is InChI=1S/C17H25BrN2O/c1-12(2)20(11-14-4-6-19-7-5-14)17(21)15-8-13(3)9-16(18)10-15/h8-10,12,14,19H,4-7,11H2,1-3H3. The fourth-order valence-corrected chi connectivity index (χ4v) is 3.50. The fourth-order valence-electron chi connectivity index (χ4n) is 2.90. The van der Waals surface area contributed by atoms with Crippen LogP contribution in [0.25, 0.3) is 0 Å². The molecule has 4 heteroatoms. The molecular formula is C17H25BrN2O. The minimum Gasteiger partial charge on any atom is -0.336 e. The van der Waals surface area contributed by atoms with Crippen LogP contribution in [0.5, 0.6) is 0 Å². The summed E-state index contributed by atoms with van der Waals surface area (Å²) in [6, 6.07) is 6.16. The van der Waals surface area contributed by atoms with E-state index in [4.69, 9.17) is 0 Å². The topological polar surface area (TPSA) is 32.3 Å². The summed E-state index contributed by atoms with van der Waals surface area (Å²) in [5, 5.41) is 3.38. The lowest BCUT2D eigenvalue weighted by Crippen LogP contribution is -2.43. The van der Waals surface area contributed by atoms with E-state index in [2.05, 4.69) is 35.1 Å². The molecule has 0 spiro atoms. The lowest BCUT2D eigenvalue weighted by molar-refractivity contribution is 0.0658. The molecule has 0 radical (unpaired) electrons. The molecule has 0 unspecified atom stereocenters. The van der Waals surface area contributed by atoms with Crippen LogP contribution in [-0.4, -0.2) is 36.5 Å². The highest BCUT2D eigenvalue weighted by Gasteiger charge is 2.24. The van der Waals surface area contributed by atoms with Crippen LogP contribution in [0.15, 0.2) is 22.7 Å². The van der Waals surface area contributed by atoms with Crippen molar-refractivity contribution in [1.29, 1.82) is 0 Å². The van der Waals surface area contributed by atoms with Crippen molar-refractivity contribution in [3.8, 4) is 0 Å². The van der Waals surface area contributed by atoms with Crippen LogP contribution in [-0.2, 0) is 0 Å². The van der Waals surface area contributed by atoms with Gasteiger partial charge in [-0.1, -0.05) is 15.9 Å². The number of amides is 1. The Labute approximate surface area is 136 Å². The van der Waals surface area contributed by atoms with E-state index >= 15 is 0 Å². The third-order valence-corrected chi connectivity index (χ3v) is 4.54. The second-order valence-electron chi connectivity index (χ2n) is 6.26. The third-order valence-electron chi connectivity index (χ3n) is 4.09. The zero-order valence-corrected chi connectivity index (χ0v) is 14.7. The zero-order valence-electron chi connectivity index (χ0n) is 13.2. The smallest absolute Gasteiger partial charge is 0.254 e. The molecule has 1 aliphatic rings. The summed E-state index contributed by atoms with van der Waals surface area (Å²) in [5.74, 6) is 0.763. The van der Waals surface area contributed by atoms with Gasteiger partial charge in [0.2, 0.25) is 0 Å². The maximum Gasteiger partial charge on any atom is 0.254 e. The molecule has 21 heavy (non-hydrogen) atoms. The first-order valence-corrected chi connectivity index (χ1v) is 8.55. The molecule has 1 N–H and O–H groups in total. The van der Waals surface area contributed by atoms with Crippen LogP contribution in [0.2, 0.25) is 0 Å². The van der Waals surface area contributed by atoms with Crippen molar-refractivity contribution in [3.05, 3.63) is 33.8 Å². The second kappa shape index (κ2) is 7.41. The van der Waals surface area contributed by atoms with Gasteiger partial charge in [0.25, 0.3) is 5.91 Å². The molecular weight excluding hydrogens is 328 g/mol. The van der Waals surface area contributed by atoms with E-state index in [1.807, 2.05) is 30.0 Å². The van der Waals surface area contributed by atoms with Gasteiger partial charge in [-0.05, 0) is 76.4 Å². The molecule has 1 amide bonds. The van der Waals surface area contributed by atoms with Crippen LogP contribution >= 0.6 is 15.9 Å². The number of carbonyl (C=O) groups excluding carboxylic acids is 1. The Hall–Kier alpha value is -0.870. The normalized spacial score (nSPS) is 16.2. The molecule has 1 fully saturated rings. The number of hydrogen-bond donors (Lipinski definition) is 1. The molecule has 0 saturated carbocycles. The number of nitrogens with one attached hydrogen (secondary N) is 1. The molecule has 116 valence electrons. The molecule has 1 aromatic carbocycles. The van der Waals surface area contributed by atoms with E-state index in [1.165, 1.54) is 0 Å². The minimum absolute atomic E-state index is 0.146. The summed E-state index contributed by atoms with van der Waals surface area (Å²) in [4.78, 5) is 14.9. The second-order valence-corrected chi connectivity index (χ2v) is 7.18. The Morgan fingerprint density at radius 1 is 1.33 bits per heavy atom. The van der Waals surface area contributed by atoms with Crippen molar-refractivity contribution in [2.45, 2.75) is 39.7 Å². The average Bonchev–Trinajstić information content (AvgIpc) is 2.44. The fraction of sp³-hybridized carbons (Fsp3) is 0.588. The van der Waals surface area contributed by atoms with Crippen LogP contribution in [0.1, 0.15) is 42.6 Å². The highest BCUT2D eigenvalue weighted by molar-refractivity contribution is 9.10. The van der Waals surface area contributed by atoms with E-state index in [1.54, 1.807) is 0 Å². The first-order chi connectivity index (χ1) is 9.97. The SMILES string of the molecule is Cc1cc(Br)cc(C(=O)N(CC2CCNCC2)C(C)C)c1. The van der Waals surface area contributed by atoms with Gasteiger partial charge in [-0.2, -0.15) is 0 Å². The van der Waals surface area contributed by atoms with E-state index < -0.39 is 0 Å². The van der Waals surface area contributed by atoms with Crippen LogP contribution < -0.4 is 5.32 Å². The molecule has 1 saturated heterocycles. The summed E-state index contributed by atoms with van der Waals surface area (Å²) in [5.41, 5.74) is 1.89. The van der Waals surface area contributed by atoms with Crippen LogP contribution in [0.4, 0.5) is 0 Å². The Morgan fingerprint density at radius 3 is 2.57 bits per heavy atom. The summed E-state index contributed by atoms with van der Waals surface area (Å²) < 4.78 is 0.969. The minimum atomic E-state index is 0.146. The number of halogens is 1. The first-order valence-electron chi connectivity index (χ1n) is 7.76. The molecule has 0 aliphatic carbocycles. The summed E-state index contributed by atoms with van der Waals surface area (Å²) in [6.45, 7) is 9.23. The lowest BCUT2D eigenvalue weighted by atomic mass is 9.96. The zero-order chi connectivity index (χ0) is 15.4. The highest BCUT2D eigenvalue weighted by Crippen LogP contribution is 2.20. The van der Waals surface area contributed by atoms with Gasteiger partial charge in [0.1, 0.15) is 0 Å². The number of carbonyl (C=O) groups is 1. The monoisotopic (exact) mass is 352 g/mol. The molecule has 1 aromatic rings. The number of nitrogens with zero attached hydrogens (tertiary/aromatic N) is 1. The van der Waals surface area contributed by atoms with Crippen molar-refractivity contribution in [2.24, 2.45) is 5.92 Å². The Morgan fingerprint density at radius 2 is 2.00 bits per heavy atom. The van der Waals surface area contributed by atoms with E-state index in [9.17, 15) is 4.79 Å². The molecule has 1 heterocycles. The molecule has 0 bridgehead atoms. The van der Waals surface area contributed by atoms with Gasteiger partial charge in [-0.3, -0.25) is 4.79 Å². The van der Waals surface area contributed by atoms with Crippen molar-refractivity contribution < 1.29 is 4.79 Å². The summed E-state index contributed by atoms with van der Waals surface area (Å²) in [7, 11) is 0. The highest BCUT2D eigenvalue weighted by atomic mass is 79.9. The van der Waals surface area contributed by atoms with E-state index in [0.717, 1.165) is 48.1 Å². The number of rotatable bonds is 4. The summed E-state index contributed by atoms with van der Waals surface area (Å²) in [6.07, 6.45) is 2.32. The van der Waals surface area contributed by atoms with Crippen LogP contribution in [0, 0.1) is 12.8 Å². The largest absolute Gasteiger partial charge is 0.336 e. The number of piperidine rings is 1. The van der Waals surface area contributed by atoms with Crippen molar-refractivity contribution in [1.82, 2.24) is 10.2 Å². The quantitative estimate of drug-likeness (QED) is 0.897. The van der Waals surface area contributed by atoms with Crippen molar-refractivity contribution in [3.63, 3.8) is 0 Å². The van der Waals surface area contributed by atoms with Gasteiger partial charge in [0, 0.05) is 22.6 Å². The Kier molecular flexibility index (Phi) is 5.82.